The normalized spacial score (nSPS) is 14.3. The zero-order chi connectivity index (χ0) is 16.1. The maximum Gasteiger partial charge on any atom is 0.319 e. The van der Waals surface area contributed by atoms with E-state index in [1.165, 1.54) is 0 Å². The van der Waals surface area contributed by atoms with Crippen LogP contribution in [0.25, 0.3) is 0 Å². The Bertz CT molecular complexity index is 673. The summed E-state index contributed by atoms with van der Waals surface area (Å²) in [5, 5.41) is 5.91. The molecule has 0 bridgehead atoms. The van der Waals surface area contributed by atoms with E-state index in [0.717, 1.165) is 48.4 Å². The minimum atomic E-state index is -0.203. The third-order valence-electron chi connectivity index (χ3n) is 3.99. The van der Waals surface area contributed by atoms with Gasteiger partial charge in [-0.3, -0.25) is 4.98 Å². The van der Waals surface area contributed by atoms with Gasteiger partial charge in [0.1, 0.15) is 5.75 Å². The molecule has 2 heterocycles. The summed E-state index contributed by atoms with van der Waals surface area (Å²) in [7, 11) is 0. The number of amides is 2. The summed E-state index contributed by atoms with van der Waals surface area (Å²) in [5.41, 5.74) is 2.99. The number of carbonyl (C=O) groups is 1. The number of aromatic nitrogens is 1. The Hall–Kier alpha value is -2.56. The van der Waals surface area contributed by atoms with Gasteiger partial charge >= 0.3 is 6.03 Å². The first kappa shape index (κ1) is 15.3. The van der Waals surface area contributed by atoms with Crippen LogP contribution in [0, 0.1) is 0 Å². The van der Waals surface area contributed by atoms with Crippen LogP contribution < -0.4 is 15.4 Å². The summed E-state index contributed by atoms with van der Waals surface area (Å²) in [6, 6.07) is 9.39. The number of pyridine rings is 1. The molecule has 1 aromatic heterocycles. The van der Waals surface area contributed by atoms with Gasteiger partial charge in [-0.15, -0.1) is 0 Å². The lowest BCUT2D eigenvalue weighted by Gasteiger charge is -2.20. The van der Waals surface area contributed by atoms with Crippen molar-refractivity contribution >= 4 is 11.7 Å². The van der Waals surface area contributed by atoms with E-state index >= 15 is 0 Å². The number of anilines is 1. The van der Waals surface area contributed by atoms with Crippen LogP contribution >= 0.6 is 0 Å². The number of nitrogens with one attached hydrogen (secondary N) is 2. The third kappa shape index (κ3) is 3.80. The van der Waals surface area contributed by atoms with Gasteiger partial charge in [0.05, 0.1) is 12.6 Å². The monoisotopic (exact) mass is 311 g/mol. The van der Waals surface area contributed by atoms with Gasteiger partial charge in [0.15, 0.2) is 0 Å². The Morgan fingerprint density at radius 2 is 2.13 bits per heavy atom. The van der Waals surface area contributed by atoms with Gasteiger partial charge < -0.3 is 15.4 Å². The van der Waals surface area contributed by atoms with Crippen molar-refractivity contribution < 1.29 is 9.53 Å². The lowest BCUT2D eigenvalue weighted by atomic mass is 10.1. The van der Waals surface area contributed by atoms with E-state index < -0.39 is 0 Å². The predicted octanol–water partition coefficient (Wildman–Crippen LogP) is 3.68. The fourth-order valence-electron chi connectivity index (χ4n) is 2.78. The molecule has 5 heteroatoms. The Morgan fingerprint density at radius 3 is 2.91 bits per heavy atom. The molecule has 2 aromatic rings. The Balaban J connectivity index is 1.64. The number of nitrogens with zero attached hydrogens (tertiary/aromatic N) is 1. The van der Waals surface area contributed by atoms with Crippen LogP contribution in [0.4, 0.5) is 10.5 Å². The number of fused-ring (bicyclic) bond motifs is 1. The number of urea groups is 1. The Kier molecular flexibility index (Phi) is 4.76. The molecule has 0 radical (unpaired) electrons. The zero-order valence-corrected chi connectivity index (χ0v) is 13.2. The summed E-state index contributed by atoms with van der Waals surface area (Å²) in [5.74, 6) is 0.922. The second-order valence-corrected chi connectivity index (χ2v) is 5.61. The molecular formula is C18H21N3O2. The molecule has 1 atom stereocenters. The molecule has 0 saturated heterocycles. The van der Waals surface area contributed by atoms with Crippen molar-refractivity contribution in [2.45, 2.75) is 32.2 Å². The average Bonchev–Trinajstić information content (AvgIpc) is 2.60. The zero-order valence-electron chi connectivity index (χ0n) is 13.2. The molecule has 1 aromatic carbocycles. The first-order valence-corrected chi connectivity index (χ1v) is 7.99. The highest BCUT2D eigenvalue weighted by Crippen LogP contribution is 2.27. The van der Waals surface area contributed by atoms with Gasteiger partial charge in [0, 0.05) is 18.1 Å². The molecule has 0 saturated carbocycles. The minimum Gasteiger partial charge on any atom is -0.493 e. The van der Waals surface area contributed by atoms with Gasteiger partial charge in [0.25, 0.3) is 0 Å². The van der Waals surface area contributed by atoms with Crippen molar-refractivity contribution in [3.05, 3.63) is 53.9 Å². The highest BCUT2D eigenvalue weighted by atomic mass is 16.5. The van der Waals surface area contributed by atoms with Gasteiger partial charge in [-0.2, -0.15) is 0 Å². The second kappa shape index (κ2) is 7.13. The summed E-state index contributed by atoms with van der Waals surface area (Å²) in [6.07, 6.45) is 6.29. The maximum atomic E-state index is 12.3. The number of hydrogen-bond donors (Lipinski definition) is 2. The molecule has 2 N–H and O–H groups in total. The van der Waals surface area contributed by atoms with Crippen LogP contribution in [0.5, 0.6) is 5.75 Å². The van der Waals surface area contributed by atoms with Gasteiger partial charge in [-0.1, -0.05) is 6.92 Å². The summed E-state index contributed by atoms with van der Waals surface area (Å²) < 4.78 is 5.59. The molecule has 0 fully saturated rings. The first-order chi connectivity index (χ1) is 11.3. The van der Waals surface area contributed by atoms with Crippen LogP contribution in [-0.2, 0) is 6.42 Å². The highest BCUT2D eigenvalue weighted by molar-refractivity contribution is 5.89. The van der Waals surface area contributed by atoms with Crippen LogP contribution in [0.15, 0.2) is 42.7 Å². The Labute approximate surface area is 136 Å². The smallest absolute Gasteiger partial charge is 0.319 e. The fraction of sp³-hybridized carbons (Fsp3) is 0.333. The third-order valence-corrected chi connectivity index (χ3v) is 3.99. The highest BCUT2D eigenvalue weighted by Gasteiger charge is 2.14. The van der Waals surface area contributed by atoms with Crippen molar-refractivity contribution in [1.29, 1.82) is 0 Å². The van der Waals surface area contributed by atoms with E-state index in [1.807, 2.05) is 37.3 Å². The number of hydrogen-bond acceptors (Lipinski definition) is 3. The molecule has 23 heavy (non-hydrogen) atoms. The van der Waals surface area contributed by atoms with E-state index in [9.17, 15) is 4.79 Å². The standard InChI is InChI=1S/C18H21N3O2/c1-2-16(13-7-9-19-10-8-13)21-18(22)20-15-5-6-17-14(12-15)4-3-11-23-17/h5-10,12,16H,2-4,11H2,1H3,(H2,20,21,22)/t16-/m1/s1. The Morgan fingerprint density at radius 1 is 1.30 bits per heavy atom. The van der Waals surface area contributed by atoms with Crippen molar-refractivity contribution in [3.63, 3.8) is 0 Å². The first-order valence-electron chi connectivity index (χ1n) is 7.99. The minimum absolute atomic E-state index is 0.0287. The molecule has 120 valence electrons. The van der Waals surface area contributed by atoms with E-state index in [0.29, 0.717) is 0 Å². The van der Waals surface area contributed by atoms with Crippen molar-refractivity contribution in [1.82, 2.24) is 10.3 Å². The van der Waals surface area contributed by atoms with Gasteiger partial charge in [-0.05, 0) is 60.7 Å². The lowest BCUT2D eigenvalue weighted by molar-refractivity contribution is 0.248. The fourth-order valence-corrected chi connectivity index (χ4v) is 2.78. The van der Waals surface area contributed by atoms with Gasteiger partial charge in [-0.25, -0.2) is 4.79 Å². The van der Waals surface area contributed by atoms with Crippen LogP contribution in [-0.4, -0.2) is 17.6 Å². The van der Waals surface area contributed by atoms with Crippen molar-refractivity contribution in [2.24, 2.45) is 0 Å². The molecule has 0 spiro atoms. The van der Waals surface area contributed by atoms with Crippen LogP contribution in [0.2, 0.25) is 0 Å². The number of carbonyl (C=O) groups excluding carboxylic acids is 1. The number of ether oxygens (including phenoxy) is 1. The van der Waals surface area contributed by atoms with E-state index in [2.05, 4.69) is 15.6 Å². The summed E-state index contributed by atoms with van der Waals surface area (Å²) >= 11 is 0. The molecule has 1 aliphatic rings. The lowest BCUT2D eigenvalue weighted by Crippen LogP contribution is -2.32. The number of rotatable bonds is 4. The summed E-state index contributed by atoms with van der Waals surface area (Å²) in [6.45, 7) is 2.81. The van der Waals surface area contributed by atoms with Crippen molar-refractivity contribution in [2.75, 3.05) is 11.9 Å². The molecule has 0 aliphatic carbocycles. The van der Waals surface area contributed by atoms with E-state index in [-0.39, 0.29) is 12.1 Å². The molecule has 5 nitrogen and oxygen atoms in total. The van der Waals surface area contributed by atoms with Crippen LogP contribution in [0.3, 0.4) is 0 Å². The largest absolute Gasteiger partial charge is 0.493 e. The molecule has 2 amide bonds. The number of benzene rings is 1. The average molecular weight is 311 g/mol. The molecule has 1 aliphatic heterocycles. The van der Waals surface area contributed by atoms with E-state index in [4.69, 9.17) is 4.74 Å². The second-order valence-electron chi connectivity index (χ2n) is 5.61. The molecule has 3 rings (SSSR count). The summed E-state index contributed by atoms with van der Waals surface area (Å²) in [4.78, 5) is 16.3. The topological polar surface area (TPSA) is 63.2 Å². The van der Waals surface area contributed by atoms with Crippen molar-refractivity contribution in [3.8, 4) is 5.75 Å². The predicted molar refractivity (Wildman–Crippen MR) is 89.7 cm³/mol. The van der Waals surface area contributed by atoms with E-state index in [1.54, 1.807) is 12.4 Å². The quantitative estimate of drug-likeness (QED) is 0.905. The number of aryl methyl sites for hydroxylation is 1. The van der Waals surface area contributed by atoms with Gasteiger partial charge in [0.2, 0.25) is 0 Å². The molecular weight excluding hydrogens is 290 g/mol. The maximum absolute atomic E-state index is 12.3. The van der Waals surface area contributed by atoms with Crippen LogP contribution in [0.1, 0.15) is 36.9 Å². The SMILES string of the molecule is CC[C@@H](NC(=O)Nc1ccc2c(c1)CCCO2)c1ccncc1. The molecule has 0 unspecified atom stereocenters.